The highest BCUT2D eigenvalue weighted by atomic mass is 16.1. The van der Waals surface area contributed by atoms with Crippen LogP contribution in [0.4, 0.5) is 0 Å². The van der Waals surface area contributed by atoms with Gasteiger partial charge in [0.2, 0.25) is 0 Å². The average Bonchev–Trinajstić information content (AvgIpc) is 2.46. The summed E-state index contributed by atoms with van der Waals surface area (Å²) in [5, 5.41) is 0. The van der Waals surface area contributed by atoms with Gasteiger partial charge in [-0.2, -0.15) is 0 Å². The van der Waals surface area contributed by atoms with Gasteiger partial charge in [0.1, 0.15) is 11.8 Å². The van der Waals surface area contributed by atoms with Crippen LogP contribution < -0.4 is 10.9 Å². The van der Waals surface area contributed by atoms with E-state index < -0.39 is 5.54 Å². The molecule has 1 atom stereocenters. The Balaban J connectivity index is 3.10. The van der Waals surface area contributed by atoms with Gasteiger partial charge in [0.05, 0.1) is 0 Å². The molecule has 0 spiro atoms. The van der Waals surface area contributed by atoms with Gasteiger partial charge in [-0.25, -0.2) is 5.43 Å². The van der Waals surface area contributed by atoms with Crippen LogP contribution in [0.25, 0.3) is 0 Å². The van der Waals surface area contributed by atoms with Crippen LogP contribution in [-0.4, -0.2) is 11.8 Å². The molecule has 3 heteroatoms. The molecular weight excluding hydrogens is 188 g/mol. The number of nitrogens with one attached hydrogen (secondary N) is 2. The van der Waals surface area contributed by atoms with Gasteiger partial charge in [0, 0.05) is 11.1 Å². The predicted molar refractivity (Wildman–Crippen MR) is 62.1 cm³/mol. The molecule has 1 heterocycles. The first-order chi connectivity index (χ1) is 6.62. The molecule has 1 aliphatic heterocycles. The Morgan fingerprint density at radius 3 is 1.93 bits per heavy atom. The Morgan fingerprint density at radius 2 is 1.73 bits per heavy atom. The maximum atomic E-state index is 11.3. The summed E-state index contributed by atoms with van der Waals surface area (Å²) >= 11 is 0. The molecule has 0 aliphatic carbocycles. The minimum atomic E-state index is -0.602. The van der Waals surface area contributed by atoms with Crippen LogP contribution in [0.15, 0.2) is 11.8 Å². The molecule has 0 saturated heterocycles. The molecule has 1 aliphatic rings. The van der Waals surface area contributed by atoms with Crippen LogP contribution in [-0.2, 0) is 4.79 Å². The number of carbonyl (C=O) groups is 1. The van der Waals surface area contributed by atoms with Crippen LogP contribution in [0.1, 0.15) is 41.5 Å². The van der Waals surface area contributed by atoms with Crippen molar-refractivity contribution in [2.45, 2.75) is 47.1 Å². The van der Waals surface area contributed by atoms with Gasteiger partial charge in [-0.05, 0) is 11.5 Å². The van der Waals surface area contributed by atoms with Crippen molar-refractivity contribution in [2.75, 3.05) is 0 Å². The largest absolute Gasteiger partial charge is 0.324 e. The molecule has 3 nitrogen and oxygen atoms in total. The van der Waals surface area contributed by atoms with Crippen LogP contribution in [0.3, 0.4) is 0 Å². The first-order valence-corrected chi connectivity index (χ1v) is 5.35. The third-order valence-electron chi connectivity index (χ3n) is 3.01. The monoisotopic (exact) mass is 210 g/mol. The molecule has 0 amide bonds. The molecule has 0 bridgehead atoms. The third-order valence-corrected chi connectivity index (χ3v) is 3.01. The molecule has 0 saturated carbocycles. The van der Waals surface area contributed by atoms with E-state index >= 15 is 0 Å². The van der Waals surface area contributed by atoms with Gasteiger partial charge in [0.25, 0.3) is 0 Å². The summed E-state index contributed by atoms with van der Waals surface area (Å²) in [6.07, 6.45) is 3.00. The lowest BCUT2D eigenvalue weighted by Crippen LogP contribution is -2.55. The summed E-state index contributed by atoms with van der Waals surface area (Å²) in [5.74, 6) is 0. The molecule has 0 aromatic carbocycles. The zero-order valence-corrected chi connectivity index (χ0v) is 10.6. The molecule has 0 fully saturated rings. The molecule has 0 radical (unpaired) electrons. The van der Waals surface area contributed by atoms with Gasteiger partial charge in [0.15, 0.2) is 0 Å². The highest BCUT2D eigenvalue weighted by molar-refractivity contribution is 5.71. The smallest absolute Gasteiger partial charge is 0.146 e. The average molecular weight is 210 g/mol. The molecule has 2 N–H and O–H groups in total. The summed E-state index contributed by atoms with van der Waals surface area (Å²) in [4.78, 5) is 11.3. The van der Waals surface area contributed by atoms with Crippen molar-refractivity contribution in [1.82, 2.24) is 10.9 Å². The predicted octanol–water partition coefficient (Wildman–Crippen LogP) is 2.01. The Labute approximate surface area is 92.3 Å². The van der Waals surface area contributed by atoms with Crippen molar-refractivity contribution in [3.05, 3.63) is 11.8 Å². The minimum Gasteiger partial charge on any atom is -0.324 e. The standard InChI is InChI=1S/C12H22N2O/c1-10(2,3)9-7-12(8-15,14-13-9)11(4,5)6/h7-8,13-14H,1-6H3. The quantitative estimate of drug-likeness (QED) is 0.650. The first-order valence-electron chi connectivity index (χ1n) is 5.35. The van der Waals surface area contributed by atoms with Crippen LogP contribution >= 0.6 is 0 Å². The molecule has 86 valence electrons. The van der Waals surface area contributed by atoms with E-state index in [-0.39, 0.29) is 10.8 Å². The van der Waals surface area contributed by atoms with Gasteiger partial charge in [-0.3, -0.25) is 0 Å². The Bertz CT molecular complexity index is 294. The highest BCUT2D eigenvalue weighted by Gasteiger charge is 2.45. The molecule has 1 rings (SSSR count). The Hall–Kier alpha value is -0.830. The van der Waals surface area contributed by atoms with Gasteiger partial charge >= 0.3 is 0 Å². The second-order valence-electron chi connectivity index (χ2n) is 6.29. The van der Waals surface area contributed by atoms with E-state index in [0.29, 0.717) is 0 Å². The maximum Gasteiger partial charge on any atom is 0.146 e. The van der Waals surface area contributed by atoms with Crippen molar-refractivity contribution in [3.8, 4) is 0 Å². The molecule has 0 aromatic heterocycles. The Kier molecular flexibility index (Phi) is 2.72. The number of aldehydes is 1. The van der Waals surface area contributed by atoms with Gasteiger partial charge in [-0.1, -0.05) is 41.5 Å². The van der Waals surface area contributed by atoms with Gasteiger partial charge < -0.3 is 10.2 Å². The van der Waals surface area contributed by atoms with Crippen LogP contribution in [0.5, 0.6) is 0 Å². The van der Waals surface area contributed by atoms with Crippen molar-refractivity contribution >= 4 is 6.29 Å². The van der Waals surface area contributed by atoms with Gasteiger partial charge in [-0.15, -0.1) is 0 Å². The minimum absolute atomic E-state index is 0.0308. The summed E-state index contributed by atoms with van der Waals surface area (Å²) in [7, 11) is 0. The fourth-order valence-corrected chi connectivity index (χ4v) is 1.52. The van der Waals surface area contributed by atoms with E-state index in [9.17, 15) is 4.79 Å². The first kappa shape index (κ1) is 12.2. The normalized spacial score (nSPS) is 27.2. The lowest BCUT2D eigenvalue weighted by Gasteiger charge is -2.34. The lowest BCUT2D eigenvalue weighted by molar-refractivity contribution is -0.114. The van der Waals surface area contributed by atoms with Crippen LogP contribution in [0.2, 0.25) is 0 Å². The highest BCUT2D eigenvalue weighted by Crippen LogP contribution is 2.36. The zero-order chi connectivity index (χ0) is 11.9. The number of hydrogen-bond donors (Lipinski definition) is 2. The molecule has 15 heavy (non-hydrogen) atoms. The molecule has 1 unspecified atom stereocenters. The topological polar surface area (TPSA) is 41.1 Å². The SMILES string of the molecule is CC(C)(C)C1=CC(C=O)(C(C)(C)C)NN1. The van der Waals surface area contributed by atoms with E-state index in [4.69, 9.17) is 0 Å². The van der Waals surface area contributed by atoms with Crippen molar-refractivity contribution < 1.29 is 4.79 Å². The second-order valence-corrected chi connectivity index (χ2v) is 6.29. The van der Waals surface area contributed by atoms with E-state index in [2.05, 4.69) is 52.4 Å². The summed E-state index contributed by atoms with van der Waals surface area (Å²) in [5.41, 5.74) is 6.59. The number of hydrazine groups is 1. The summed E-state index contributed by atoms with van der Waals surface area (Å²) < 4.78 is 0. The fraction of sp³-hybridized carbons (Fsp3) is 0.750. The summed E-state index contributed by atoms with van der Waals surface area (Å²) in [6.45, 7) is 12.5. The van der Waals surface area contributed by atoms with Crippen molar-refractivity contribution in [2.24, 2.45) is 10.8 Å². The Morgan fingerprint density at radius 1 is 1.20 bits per heavy atom. The van der Waals surface area contributed by atoms with E-state index in [0.717, 1.165) is 12.0 Å². The van der Waals surface area contributed by atoms with Crippen molar-refractivity contribution in [3.63, 3.8) is 0 Å². The number of hydrogen-bond acceptors (Lipinski definition) is 3. The summed E-state index contributed by atoms with van der Waals surface area (Å²) in [6, 6.07) is 0. The number of allylic oxidation sites excluding steroid dienone is 1. The fourth-order valence-electron chi connectivity index (χ4n) is 1.52. The lowest BCUT2D eigenvalue weighted by atomic mass is 9.74. The second kappa shape index (κ2) is 3.34. The number of rotatable bonds is 1. The molecular formula is C12H22N2O. The third kappa shape index (κ3) is 2.07. The molecule has 0 aromatic rings. The van der Waals surface area contributed by atoms with E-state index in [1.165, 1.54) is 0 Å². The van der Waals surface area contributed by atoms with E-state index in [1.54, 1.807) is 0 Å². The zero-order valence-electron chi connectivity index (χ0n) is 10.6. The van der Waals surface area contributed by atoms with E-state index in [1.807, 2.05) is 6.08 Å². The maximum absolute atomic E-state index is 11.3. The number of carbonyl (C=O) groups excluding carboxylic acids is 1. The van der Waals surface area contributed by atoms with Crippen LogP contribution in [0, 0.1) is 10.8 Å². The van der Waals surface area contributed by atoms with Crippen molar-refractivity contribution in [1.29, 1.82) is 0 Å².